The summed E-state index contributed by atoms with van der Waals surface area (Å²) in [5, 5.41) is 0.990. The number of aromatic nitrogens is 2. The molecule has 2 N–H and O–H groups in total. The molecule has 4 nitrogen and oxygen atoms in total. The van der Waals surface area contributed by atoms with Gasteiger partial charge in [0.25, 0.3) is 0 Å². The first kappa shape index (κ1) is 14.8. The molecule has 112 valence electrons. The van der Waals surface area contributed by atoms with Crippen LogP contribution in [0.25, 0.3) is 16.9 Å². The fourth-order valence-electron chi connectivity index (χ4n) is 2.14. The molecular weight excluding hydrogens is 321 g/mol. The first-order valence-electron chi connectivity index (χ1n) is 6.53. The van der Waals surface area contributed by atoms with E-state index in [0.29, 0.717) is 16.0 Å². The van der Waals surface area contributed by atoms with E-state index in [1.807, 2.05) is 36.5 Å². The molecule has 6 heteroatoms. The lowest BCUT2D eigenvalue weighted by Crippen LogP contribution is -1.99. The van der Waals surface area contributed by atoms with Gasteiger partial charge in [-0.15, -0.1) is 0 Å². The zero-order valence-corrected chi connectivity index (χ0v) is 13.3. The number of nitrogens with two attached hydrogens (primary N) is 1. The van der Waals surface area contributed by atoms with Crippen LogP contribution in [0.15, 0.2) is 48.7 Å². The molecule has 2 aromatic carbocycles. The molecule has 0 atom stereocenters. The van der Waals surface area contributed by atoms with Crippen LogP contribution in [0.1, 0.15) is 0 Å². The highest BCUT2D eigenvalue weighted by Crippen LogP contribution is 2.29. The Balaban J connectivity index is 2.00. The minimum absolute atomic E-state index is 0.395. The van der Waals surface area contributed by atoms with Gasteiger partial charge in [0.05, 0.1) is 22.8 Å². The summed E-state index contributed by atoms with van der Waals surface area (Å²) in [4.78, 5) is 4.38. The van der Waals surface area contributed by atoms with E-state index in [-0.39, 0.29) is 0 Å². The summed E-state index contributed by atoms with van der Waals surface area (Å²) in [5.74, 6) is 1.18. The summed E-state index contributed by atoms with van der Waals surface area (Å²) >= 11 is 12.0. The average molecular weight is 334 g/mol. The van der Waals surface area contributed by atoms with Crippen molar-refractivity contribution in [1.82, 2.24) is 9.55 Å². The summed E-state index contributed by atoms with van der Waals surface area (Å²) in [6, 6.07) is 12.9. The van der Waals surface area contributed by atoms with Gasteiger partial charge in [-0.1, -0.05) is 29.3 Å². The highest BCUT2D eigenvalue weighted by molar-refractivity contribution is 6.42. The van der Waals surface area contributed by atoms with E-state index in [1.54, 1.807) is 23.8 Å². The summed E-state index contributed by atoms with van der Waals surface area (Å²) in [5.41, 5.74) is 8.49. The third-order valence-electron chi connectivity index (χ3n) is 3.30. The molecule has 0 amide bonds. The van der Waals surface area contributed by atoms with Crippen LogP contribution in [0.2, 0.25) is 10.0 Å². The van der Waals surface area contributed by atoms with E-state index in [0.717, 1.165) is 22.7 Å². The van der Waals surface area contributed by atoms with Crippen molar-refractivity contribution in [3.8, 4) is 22.7 Å². The Morgan fingerprint density at radius 3 is 2.41 bits per heavy atom. The van der Waals surface area contributed by atoms with E-state index in [9.17, 15) is 0 Å². The molecule has 22 heavy (non-hydrogen) atoms. The number of methoxy groups -OCH3 is 1. The van der Waals surface area contributed by atoms with Crippen LogP contribution in [0.4, 0.5) is 5.95 Å². The molecular formula is C16H13Cl2N3O. The van der Waals surface area contributed by atoms with Crippen molar-refractivity contribution in [3.63, 3.8) is 0 Å². The molecule has 0 aliphatic rings. The zero-order valence-electron chi connectivity index (χ0n) is 11.8. The third-order valence-corrected chi connectivity index (χ3v) is 4.04. The first-order chi connectivity index (χ1) is 10.6. The van der Waals surface area contributed by atoms with Gasteiger partial charge in [0.1, 0.15) is 5.75 Å². The Morgan fingerprint density at radius 1 is 1.05 bits per heavy atom. The zero-order chi connectivity index (χ0) is 15.7. The van der Waals surface area contributed by atoms with Gasteiger partial charge in [0.2, 0.25) is 5.95 Å². The maximum absolute atomic E-state index is 6.05. The molecule has 0 radical (unpaired) electrons. The maximum Gasteiger partial charge on any atom is 0.205 e. The monoisotopic (exact) mass is 333 g/mol. The van der Waals surface area contributed by atoms with Crippen LogP contribution in [-0.2, 0) is 0 Å². The number of imidazole rings is 1. The van der Waals surface area contributed by atoms with Crippen molar-refractivity contribution in [1.29, 1.82) is 0 Å². The second kappa shape index (κ2) is 5.91. The van der Waals surface area contributed by atoms with Gasteiger partial charge in [-0.25, -0.2) is 4.98 Å². The van der Waals surface area contributed by atoms with Crippen LogP contribution in [-0.4, -0.2) is 16.7 Å². The normalized spacial score (nSPS) is 10.7. The highest BCUT2D eigenvalue weighted by Gasteiger charge is 2.10. The number of halogens is 2. The SMILES string of the molecule is COc1ccc(-n2cc(-c3ccc(Cl)c(Cl)c3)nc2N)cc1. The van der Waals surface area contributed by atoms with Crippen molar-refractivity contribution in [2.45, 2.75) is 0 Å². The number of benzene rings is 2. The Hall–Kier alpha value is -2.17. The van der Waals surface area contributed by atoms with Gasteiger partial charge < -0.3 is 10.5 Å². The molecule has 0 saturated carbocycles. The van der Waals surface area contributed by atoms with E-state index in [2.05, 4.69) is 4.98 Å². The molecule has 0 spiro atoms. The Morgan fingerprint density at radius 2 is 1.77 bits per heavy atom. The Labute approximate surface area is 138 Å². The second-order valence-electron chi connectivity index (χ2n) is 4.68. The van der Waals surface area contributed by atoms with Gasteiger partial charge >= 0.3 is 0 Å². The number of hydrogen-bond acceptors (Lipinski definition) is 3. The largest absolute Gasteiger partial charge is 0.497 e. The van der Waals surface area contributed by atoms with Crippen molar-refractivity contribution in [3.05, 3.63) is 58.7 Å². The number of anilines is 1. The third kappa shape index (κ3) is 2.75. The molecule has 0 aliphatic carbocycles. The number of nitrogens with zero attached hydrogens (tertiary/aromatic N) is 2. The molecule has 1 heterocycles. The topological polar surface area (TPSA) is 53.1 Å². The standard InChI is InChI=1S/C16H13Cl2N3O/c1-22-12-5-3-11(4-6-12)21-9-15(20-16(21)19)10-2-7-13(17)14(18)8-10/h2-9H,1H3,(H2,19,20). The van der Waals surface area contributed by atoms with Gasteiger partial charge in [-0.2, -0.15) is 0 Å². The van der Waals surface area contributed by atoms with Crippen molar-refractivity contribution >= 4 is 29.2 Å². The summed E-state index contributed by atoms with van der Waals surface area (Å²) in [6.45, 7) is 0. The van der Waals surface area contributed by atoms with Gasteiger partial charge in [0, 0.05) is 17.4 Å². The molecule has 0 bridgehead atoms. The number of nitrogen functional groups attached to an aromatic ring is 1. The summed E-state index contributed by atoms with van der Waals surface area (Å²) in [7, 11) is 1.63. The van der Waals surface area contributed by atoms with E-state index in [1.165, 1.54) is 0 Å². The lowest BCUT2D eigenvalue weighted by molar-refractivity contribution is 0.415. The van der Waals surface area contributed by atoms with Crippen molar-refractivity contribution < 1.29 is 4.74 Å². The molecule has 1 aromatic heterocycles. The van der Waals surface area contributed by atoms with Crippen molar-refractivity contribution in [2.24, 2.45) is 0 Å². The molecule has 3 rings (SSSR count). The first-order valence-corrected chi connectivity index (χ1v) is 7.29. The lowest BCUT2D eigenvalue weighted by atomic mass is 10.2. The number of hydrogen-bond donors (Lipinski definition) is 1. The Kier molecular flexibility index (Phi) is 3.96. The van der Waals surface area contributed by atoms with Crippen LogP contribution in [0.3, 0.4) is 0 Å². The number of ether oxygens (including phenoxy) is 1. The Bertz CT molecular complexity index is 813. The fourth-order valence-corrected chi connectivity index (χ4v) is 2.44. The maximum atomic E-state index is 6.05. The summed E-state index contributed by atoms with van der Waals surface area (Å²) < 4.78 is 6.95. The fraction of sp³-hybridized carbons (Fsp3) is 0.0625. The smallest absolute Gasteiger partial charge is 0.205 e. The minimum atomic E-state index is 0.395. The predicted octanol–water partition coefficient (Wildman–Crippen LogP) is 4.44. The summed E-state index contributed by atoms with van der Waals surface area (Å²) in [6.07, 6.45) is 1.86. The van der Waals surface area contributed by atoms with Gasteiger partial charge in [0.15, 0.2) is 0 Å². The van der Waals surface area contributed by atoms with E-state index >= 15 is 0 Å². The minimum Gasteiger partial charge on any atom is -0.497 e. The molecule has 0 fully saturated rings. The molecule has 0 aliphatic heterocycles. The molecule has 0 saturated heterocycles. The van der Waals surface area contributed by atoms with Crippen LogP contribution in [0, 0.1) is 0 Å². The molecule has 3 aromatic rings. The van der Waals surface area contributed by atoms with Gasteiger partial charge in [-0.05, 0) is 36.4 Å². The van der Waals surface area contributed by atoms with Gasteiger partial charge in [-0.3, -0.25) is 4.57 Å². The van der Waals surface area contributed by atoms with Crippen LogP contribution >= 0.6 is 23.2 Å². The molecule has 0 unspecified atom stereocenters. The van der Waals surface area contributed by atoms with Crippen LogP contribution in [0.5, 0.6) is 5.75 Å². The number of rotatable bonds is 3. The van der Waals surface area contributed by atoms with E-state index < -0.39 is 0 Å². The van der Waals surface area contributed by atoms with E-state index in [4.69, 9.17) is 33.7 Å². The predicted molar refractivity (Wildman–Crippen MR) is 90.0 cm³/mol. The highest BCUT2D eigenvalue weighted by atomic mass is 35.5. The van der Waals surface area contributed by atoms with Crippen molar-refractivity contribution in [2.75, 3.05) is 12.8 Å². The lowest BCUT2D eigenvalue weighted by Gasteiger charge is -2.05. The van der Waals surface area contributed by atoms with Crippen LogP contribution < -0.4 is 10.5 Å². The quantitative estimate of drug-likeness (QED) is 0.770. The average Bonchev–Trinajstić information content (AvgIpc) is 2.92. The second-order valence-corrected chi connectivity index (χ2v) is 5.50.